The molecule has 1 N–H and O–H groups in total. The van der Waals surface area contributed by atoms with Crippen LogP contribution in [0, 0.1) is 24.1 Å². The molecule has 0 aliphatic carbocycles. The van der Waals surface area contributed by atoms with Crippen LogP contribution in [0.2, 0.25) is 0 Å². The lowest BCUT2D eigenvalue weighted by Gasteiger charge is -2.16. The topological polar surface area (TPSA) is 100 Å². The van der Waals surface area contributed by atoms with E-state index in [0.29, 0.717) is 22.7 Å². The quantitative estimate of drug-likeness (QED) is 0.662. The lowest BCUT2D eigenvalue weighted by molar-refractivity contribution is 0.276. The Hall–Kier alpha value is -3.25. The van der Waals surface area contributed by atoms with E-state index in [-0.39, 0.29) is 5.75 Å². The van der Waals surface area contributed by atoms with Gasteiger partial charge in [0.25, 0.3) is 0 Å². The Morgan fingerprint density at radius 3 is 2.72 bits per heavy atom. The third kappa shape index (κ3) is 4.97. The van der Waals surface area contributed by atoms with Crippen molar-refractivity contribution in [1.29, 1.82) is 5.26 Å². The predicted octanol–water partition coefficient (Wildman–Crippen LogP) is 4.47. The molecular formula is C20H20FN5O2S. The zero-order chi connectivity index (χ0) is 21.2. The van der Waals surface area contributed by atoms with Gasteiger partial charge in [0.15, 0.2) is 6.10 Å². The van der Waals surface area contributed by atoms with Crippen molar-refractivity contribution in [3.05, 3.63) is 48.0 Å². The van der Waals surface area contributed by atoms with Gasteiger partial charge in [0.1, 0.15) is 29.8 Å². The van der Waals surface area contributed by atoms with E-state index in [1.807, 2.05) is 19.1 Å². The van der Waals surface area contributed by atoms with Crippen LogP contribution in [0.5, 0.6) is 5.75 Å². The summed E-state index contributed by atoms with van der Waals surface area (Å²) in [6.45, 7) is 3.45. The second kappa shape index (κ2) is 8.01. The number of hydrogen-bond donors (Lipinski definition) is 1. The first kappa shape index (κ1) is 20.5. The average molecular weight is 413 g/mol. The molecule has 0 saturated carbocycles. The van der Waals surface area contributed by atoms with Crippen molar-refractivity contribution in [2.75, 3.05) is 17.8 Å². The summed E-state index contributed by atoms with van der Waals surface area (Å²) < 4.78 is 35.4. The summed E-state index contributed by atoms with van der Waals surface area (Å²) in [7, 11) is -2.31. The molecule has 0 bridgehead atoms. The van der Waals surface area contributed by atoms with Gasteiger partial charge < -0.3 is 10.1 Å². The maximum absolute atomic E-state index is 13.7. The van der Waals surface area contributed by atoms with Crippen molar-refractivity contribution in [3.63, 3.8) is 0 Å². The Labute approximate surface area is 168 Å². The van der Waals surface area contributed by atoms with Gasteiger partial charge in [-0.05, 0) is 43.7 Å². The van der Waals surface area contributed by atoms with Crippen molar-refractivity contribution in [2.45, 2.75) is 20.0 Å². The van der Waals surface area contributed by atoms with E-state index in [9.17, 15) is 8.60 Å². The van der Waals surface area contributed by atoms with Gasteiger partial charge >= 0.3 is 0 Å². The van der Waals surface area contributed by atoms with E-state index < -0.39 is 21.7 Å². The Bertz CT molecular complexity index is 1240. The SMILES string of the molecule is Cc1cc(N=S(C)(C)=O)cc2ncnc(Nc3ccc(F)cc3O[C@@H](C)C#N)c12. The number of nitrogens with zero attached hydrogens (tertiary/aromatic N) is 4. The van der Waals surface area contributed by atoms with Gasteiger partial charge in [-0.1, -0.05) is 0 Å². The summed E-state index contributed by atoms with van der Waals surface area (Å²) in [5.41, 5.74) is 2.50. The third-order valence-electron chi connectivity index (χ3n) is 3.93. The normalized spacial score (nSPS) is 12.3. The Morgan fingerprint density at radius 1 is 1.28 bits per heavy atom. The van der Waals surface area contributed by atoms with Crippen LogP contribution < -0.4 is 10.1 Å². The van der Waals surface area contributed by atoms with Crippen molar-refractivity contribution >= 4 is 37.8 Å². The van der Waals surface area contributed by atoms with Crippen molar-refractivity contribution in [2.24, 2.45) is 4.36 Å². The molecule has 0 aliphatic heterocycles. The summed E-state index contributed by atoms with van der Waals surface area (Å²) in [5, 5.41) is 12.9. The van der Waals surface area contributed by atoms with E-state index in [4.69, 9.17) is 10.00 Å². The predicted molar refractivity (Wildman–Crippen MR) is 112 cm³/mol. The van der Waals surface area contributed by atoms with Crippen LogP contribution >= 0.6 is 0 Å². The van der Waals surface area contributed by atoms with Crippen molar-refractivity contribution in [1.82, 2.24) is 9.97 Å². The third-order valence-corrected chi connectivity index (χ3v) is 4.58. The highest BCUT2D eigenvalue weighted by Crippen LogP contribution is 2.34. The monoisotopic (exact) mass is 413 g/mol. The molecule has 7 nitrogen and oxygen atoms in total. The Balaban J connectivity index is 2.09. The molecular weight excluding hydrogens is 393 g/mol. The first-order chi connectivity index (χ1) is 13.7. The van der Waals surface area contributed by atoms with E-state index in [2.05, 4.69) is 19.6 Å². The lowest BCUT2D eigenvalue weighted by atomic mass is 10.1. The van der Waals surface area contributed by atoms with E-state index in [0.717, 1.165) is 10.9 Å². The first-order valence-electron chi connectivity index (χ1n) is 8.71. The fourth-order valence-electron chi connectivity index (χ4n) is 2.82. The summed E-state index contributed by atoms with van der Waals surface area (Å²) in [5.74, 6) is 0.217. The minimum Gasteiger partial charge on any atom is -0.474 e. The van der Waals surface area contributed by atoms with E-state index in [1.54, 1.807) is 25.5 Å². The molecule has 0 saturated heterocycles. The molecule has 3 aromatic rings. The van der Waals surface area contributed by atoms with Crippen LogP contribution in [0.4, 0.5) is 21.6 Å². The molecule has 1 aromatic heterocycles. The molecule has 0 fully saturated rings. The number of rotatable bonds is 5. The summed E-state index contributed by atoms with van der Waals surface area (Å²) in [4.78, 5) is 8.60. The molecule has 3 rings (SSSR count). The van der Waals surface area contributed by atoms with Crippen LogP contribution in [0.3, 0.4) is 0 Å². The van der Waals surface area contributed by atoms with Gasteiger partial charge in [0.2, 0.25) is 0 Å². The summed E-state index contributed by atoms with van der Waals surface area (Å²) in [6, 6.07) is 9.52. The highest BCUT2D eigenvalue weighted by molar-refractivity contribution is 7.92. The number of fused-ring (bicyclic) bond motifs is 1. The molecule has 1 heterocycles. The molecule has 0 amide bonds. The van der Waals surface area contributed by atoms with Crippen molar-refractivity contribution < 1.29 is 13.3 Å². The number of aryl methyl sites for hydroxylation is 1. The average Bonchev–Trinajstić information content (AvgIpc) is 2.62. The molecule has 9 heteroatoms. The van der Waals surface area contributed by atoms with Crippen LogP contribution in [0.25, 0.3) is 10.9 Å². The number of aromatic nitrogens is 2. The molecule has 0 aliphatic rings. The van der Waals surface area contributed by atoms with Crippen LogP contribution in [0.1, 0.15) is 12.5 Å². The number of benzene rings is 2. The minimum atomic E-state index is -2.31. The van der Waals surface area contributed by atoms with Gasteiger partial charge in [-0.3, -0.25) is 0 Å². The number of ether oxygens (including phenoxy) is 1. The maximum Gasteiger partial charge on any atom is 0.181 e. The molecule has 0 spiro atoms. The molecule has 0 radical (unpaired) electrons. The largest absolute Gasteiger partial charge is 0.474 e. The fourth-order valence-corrected chi connectivity index (χ4v) is 3.43. The summed E-state index contributed by atoms with van der Waals surface area (Å²) >= 11 is 0. The second-order valence-corrected chi connectivity index (χ2v) is 9.35. The highest BCUT2D eigenvalue weighted by atomic mass is 32.2. The number of nitrogens with one attached hydrogen (secondary N) is 1. The zero-order valence-electron chi connectivity index (χ0n) is 16.4. The van der Waals surface area contributed by atoms with Crippen LogP contribution in [-0.2, 0) is 9.73 Å². The van der Waals surface area contributed by atoms with Gasteiger partial charge in [0, 0.05) is 33.7 Å². The van der Waals surface area contributed by atoms with Gasteiger partial charge in [0.05, 0.1) is 16.9 Å². The molecule has 0 unspecified atom stereocenters. The fraction of sp³-hybridized carbons (Fsp3) is 0.250. The van der Waals surface area contributed by atoms with E-state index >= 15 is 0 Å². The van der Waals surface area contributed by atoms with Crippen LogP contribution in [-0.4, -0.2) is 32.8 Å². The maximum atomic E-state index is 13.7. The van der Waals surface area contributed by atoms with Crippen LogP contribution in [0.15, 0.2) is 41.0 Å². The molecule has 2 aromatic carbocycles. The van der Waals surface area contributed by atoms with Gasteiger partial charge in [-0.2, -0.15) is 9.62 Å². The minimum absolute atomic E-state index is 0.201. The van der Waals surface area contributed by atoms with Crippen molar-refractivity contribution in [3.8, 4) is 11.8 Å². The number of hydrogen-bond acceptors (Lipinski definition) is 7. The van der Waals surface area contributed by atoms with Gasteiger partial charge in [-0.15, -0.1) is 0 Å². The number of anilines is 2. The Kier molecular flexibility index (Phi) is 5.66. The molecule has 150 valence electrons. The molecule has 29 heavy (non-hydrogen) atoms. The molecule has 1 atom stereocenters. The number of halogens is 1. The lowest BCUT2D eigenvalue weighted by Crippen LogP contribution is -2.10. The zero-order valence-corrected chi connectivity index (χ0v) is 17.2. The van der Waals surface area contributed by atoms with E-state index in [1.165, 1.54) is 24.5 Å². The number of nitriles is 1. The second-order valence-electron chi connectivity index (χ2n) is 6.81. The summed E-state index contributed by atoms with van der Waals surface area (Å²) in [6.07, 6.45) is 3.78. The van der Waals surface area contributed by atoms with Gasteiger partial charge in [-0.25, -0.2) is 18.6 Å². The highest BCUT2D eigenvalue weighted by Gasteiger charge is 2.14. The first-order valence-corrected chi connectivity index (χ1v) is 11.0. The Morgan fingerprint density at radius 2 is 2.03 bits per heavy atom. The smallest absolute Gasteiger partial charge is 0.181 e. The standard InChI is InChI=1S/C20H20FN5O2S/c1-12-7-15(26-29(3,4)27)9-17-19(12)20(24-11-23-17)25-16-6-5-14(21)8-18(16)28-13(2)10-22/h5-9,11,13H,1-4H3,(H,23,24,25)/t13-/m0/s1.